The van der Waals surface area contributed by atoms with Crippen LogP contribution in [0.15, 0.2) is 15.8 Å². The predicted molar refractivity (Wildman–Crippen MR) is 200 cm³/mol. The molecule has 8 N–H and O–H groups in total. The molecule has 0 aromatic carbocycles. The van der Waals surface area contributed by atoms with Crippen LogP contribution in [0.2, 0.25) is 1.41 Å². The van der Waals surface area contributed by atoms with Crippen LogP contribution in [0.1, 0.15) is 66.2 Å². The maximum atomic E-state index is 14.6. The number of esters is 1. The second kappa shape index (κ2) is 22.6. The Hall–Kier alpha value is -5.20. The maximum absolute atomic E-state index is 14.6. The van der Waals surface area contributed by atoms with E-state index < -0.39 is 140 Å². The molecule has 29 heteroatoms. The molecule has 6 aliphatic rings. The number of imide groups is 2. The number of ether oxygens (including phenoxy) is 5. The topological polar surface area (TPSA) is 321 Å². The molecule has 0 radical (unpaired) electrons. The van der Waals surface area contributed by atoms with Gasteiger partial charge in [-0.2, -0.15) is 5.95 Å². The maximum Gasteiger partial charge on any atom is 0.330 e. The number of halogens is 6. The van der Waals surface area contributed by atoms with E-state index in [-0.39, 0.29) is 33.3 Å². The number of H-pyrrole nitrogens is 1. The summed E-state index contributed by atoms with van der Waals surface area (Å²) in [5.41, 5.74) is -5.88. The van der Waals surface area contributed by atoms with Crippen molar-refractivity contribution in [3.63, 3.8) is 0 Å². The van der Waals surface area contributed by atoms with Gasteiger partial charge >= 0.3 is 23.7 Å². The molecule has 0 saturated carbocycles. The molecule has 6 fully saturated rings. The van der Waals surface area contributed by atoms with Crippen molar-refractivity contribution in [2.45, 2.75) is 141 Å². The van der Waals surface area contributed by atoms with Gasteiger partial charge in [-0.15, -0.1) is 4.48 Å². The molecule has 23 nitrogen and oxygen atoms in total. The number of aromatic nitrogens is 2. The molecule has 6 saturated heterocycles. The SMILES string of the molecule is C.CC(=O)O.CC(=O)OC1N(C2CC(F)C(CO)O2)C(=O)NC(=O)C1(C)F.CC1(F)C(=O)NC(=O)N2C3CC(F)C(COC21)O3.Cc1cn(C2CC(F)C(CO)O2)c(=O)[nH]c1=O.[3H]NF. The number of nitrogens with zero attached hydrogens (tertiary/aromatic N) is 3. The first kappa shape index (κ1) is 53.1. The van der Waals surface area contributed by atoms with E-state index in [1.807, 2.05) is 5.32 Å². The van der Waals surface area contributed by atoms with Gasteiger partial charge in [0, 0.05) is 44.9 Å². The number of aryl methyl sites for hydroxylation is 1. The Balaban J connectivity index is 0.000000312. The highest BCUT2D eigenvalue weighted by atomic mass is 19.2. The number of nitrogens with one attached hydrogen (secondary N) is 3. The Labute approximate surface area is 360 Å². The molecular weight excluding hydrogens is 888 g/mol. The second-order valence-electron chi connectivity index (χ2n) is 14.6. The van der Waals surface area contributed by atoms with Crippen LogP contribution in [0.3, 0.4) is 0 Å². The summed E-state index contributed by atoms with van der Waals surface area (Å²) < 4.78 is 111. The number of carbonyl (C=O) groups excluding carboxylic acids is 5. The number of aromatic amines is 1. The van der Waals surface area contributed by atoms with Gasteiger partial charge < -0.3 is 39.0 Å². The van der Waals surface area contributed by atoms with Crippen molar-refractivity contribution in [1.82, 2.24) is 30.0 Å². The van der Waals surface area contributed by atoms with Gasteiger partial charge in [0.25, 0.3) is 23.3 Å². The first-order valence-electron chi connectivity index (χ1n) is 19.1. The Bertz CT molecular complexity index is 1980. The van der Waals surface area contributed by atoms with Crippen molar-refractivity contribution in [2.24, 2.45) is 5.95 Å². The van der Waals surface area contributed by atoms with Crippen LogP contribution in [0.4, 0.5) is 36.0 Å². The van der Waals surface area contributed by atoms with Crippen molar-refractivity contribution in [3.8, 4) is 0 Å². The van der Waals surface area contributed by atoms with Crippen molar-refractivity contribution >= 4 is 35.8 Å². The number of aliphatic carboxylic acids is 1. The molecular formula is C35H51F6N7O16. The van der Waals surface area contributed by atoms with Gasteiger partial charge in [0.1, 0.15) is 55.5 Å². The smallest absolute Gasteiger partial charge is 0.330 e. The average Bonchev–Trinajstić information content (AvgIpc) is 3.83. The van der Waals surface area contributed by atoms with E-state index in [1.165, 1.54) is 6.20 Å². The number of fused-ring (bicyclic) bond motifs is 4. The molecule has 364 valence electrons. The molecule has 13 unspecified atom stereocenters. The van der Waals surface area contributed by atoms with Crippen molar-refractivity contribution in [3.05, 3.63) is 32.6 Å². The highest BCUT2D eigenvalue weighted by molar-refractivity contribution is 6.02. The zero-order valence-corrected chi connectivity index (χ0v) is 33.9. The van der Waals surface area contributed by atoms with Gasteiger partial charge in [-0.25, -0.2) is 36.3 Å². The first-order chi connectivity index (χ1) is 29.8. The van der Waals surface area contributed by atoms with E-state index in [0.717, 1.165) is 37.2 Å². The first-order valence-corrected chi connectivity index (χ1v) is 18.6. The van der Waals surface area contributed by atoms with Gasteiger partial charge in [0.15, 0.2) is 7.64 Å². The number of carboxylic acid groups (broad SMARTS) is 1. The number of rotatable bonds is 5. The lowest BCUT2D eigenvalue weighted by Crippen LogP contribution is -2.70. The summed E-state index contributed by atoms with van der Waals surface area (Å²) in [6.45, 7) is 4.22. The molecule has 0 spiro atoms. The minimum Gasteiger partial charge on any atom is -0.481 e. The number of alkyl halides is 5. The molecule has 13 atom stereocenters. The molecule has 6 amide bonds. The number of aliphatic hydroxyl groups excluding tert-OH is 2. The van der Waals surface area contributed by atoms with Crippen molar-refractivity contribution in [1.29, 1.82) is 0 Å². The number of urea groups is 2. The third kappa shape index (κ3) is 12.3. The predicted octanol–water partition coefficient (Wildman–Crippen LogP) is -0.304. The Morgan fingerprint density at radius 2 is 1.31 bits per heavy atom. The van der Waals surface area contributed by atoms with Crippen molar-refractivity contribution in [2.75, 3.05) is 19.8 Å². The summed E-state index contributed by atoms with van der Waals surface area (Å²) >= 11 is 0. The molecule has 1 aromatic rings. The fourth-order valence-corrected chi connectivity index (χ4v) is 6.70. The normalized spacial score (nSPS) is 35.0. The minimum atomic E-state index is -2.73. The van der Waals surface area contributed by atoms with Crippen LogP contribution in [-0.4, -0.2) is 163 Å². The van der Waals surface area contributed by atoms with Crippen LogP contribution in [0, 0.1) is 6.92 Å². The summed E-state index contributed by atoms with van der Waals surface area (Å²) in [5.74, 6) is -3.58. The van der Waals surface area contributed by atoms with E-state index in [9.17, 15) is 60.0 Å². The van der Waals surface area contributed by atoms with E-state index >= 15 is 0 Å². The quantitative estimate of drug-likeness (QED) is 0.113. The highest BCUT2D eigenvalue weighted by Crippen LogP contribution is 2.38. The van der Waals surface area contributed by atoms with Gasteiger partial charge in [0.2, 0.25) is 17.6 Å². The summed E-state index contributed by atoms with van der Waals surface area (Å²) in [6, 6.07) is -1.89. The fourth-order valence-electron chi connectivity index (χ4n) is 6.70. The van der Waals surface area contributed by atoms with Gasteiger partial charge in [0.05, 0.1) is 19.8 Å². The Morgan fingerprint density at radius 3 is 1.81 bits per heavy atom. The number of carbonyl (C=O) groups is 6. The number of hydrogen-bond donors (Lipinski definition) is 7. The third-order valence-electron chi connectivity index (χ3n) is 9.85. The zero-order valence-electron chi connectivity index (χ0n) is 34.9. The van der Waals surface area contributed by atoms with Crippen LogP contribution < -0.4 is 27.8 Å². The number of aliphatic hydroxyl groups is 2. The largest absolute Gasteiger partial charge is 0.481 e. The Kier molecular flexibility index (Phi) is 18.8. The van der Waals surface area contributed by atoms with E-state index in [0.29, 0.717) is 16.4 Å². The summed E-state index contributed by atoms with van der Waals surface area (Å²) in [6.07, 6.45) is -12.4. The zero-order chi connectivity index (χ0) is 48.6. The lowest BCUT2D eigenvalue weighted by atomic mass is 10.0. The molecule has 2 bridgehead atoms. The summed E-state index contributed by atoms with van der Waals surface area (Å²) in [5, 5.41) is 28.9. The molecule has 7 rings (SSSR count). The molecule has 6 aliphatic heterocycles. The Morgan fingerprint density at radius 1 is 0.859 bits per heavy atom. The van der Waals surface area contributed by atoms with Crippen LogP contribution >= 0.6 is 0 Å². The standard InChI is InChI=1S/C12H16F2N2O6.C10H12F2N2O4.C10H13FN2O4.C2H4O2.CH4.FH2N/c1-5(18)21-10-12(2,14)9(19)15-11(20)16(10)8-3-6(13)7(4-17)22-8;1-10(12)7(15)13-9(16)14-6-2-4(11)5(18-6)3-17-8(10)14;1-5-3-13(10(16)12-9(5)15)8-2-6(11)7(4-14)17-8;1-2(3)4;;1-2/h6-8,10,17H,3-4H2,1-2H3,(H,15,19,20);4-6,8H,2-3H2,1H3,(H,13,15,16);3,6-8,14H,2,4H2,1H3,(H,12,15,16);1H3,(H,3,4);1H4;2H2/i;;;;;2T. The lowest BCUT2D eigenvalue weighted by molar-refractivity contribution is -0.197. The monoisotopic (exact) mass is 941 g/mol. The average molecular weight is 942 g/mol. The van der Waals surface area contributed by atoms with E-state index in [1.54, 1.807) is 12.2 Å². The summed E-state index contributed by atoms with van der Waals surface area (Å²) in [4.78, 5) is 93.2. The summed E-state index contributed by atoms with van der Waals surface area (Å²) in [7, 11) is 0. The number of nitrogens with two attached hydrogens (primary N) is 1. The molecule has 0 aliphatic carbocycles. The number of amides is 6. The van der Waals surface area contributed by atoms with Crippen LogP contribution in [0.25, 0.3) is 0 Å². The van der Waals surface area contributed by atoms with Crippen molar-refractivity contribution < 1.29 is 95.6 Å². The molecule has 7 heterocycles. The molecule has 64 heavy (non-hydrogen) atoms. The van der Waals surface area contributed by atoms with E-state index in [2.05, 4.69) is 4.98 Å². The molecule has 1 aromatic heterocycles. The second-order valence-corrected chi connectivity index (χ2v) is 14.6. The van der Waals surface area contributed by atoms with Gasteiger partial charge in [-0.05, 0) is 20.8 Å². The van der Waals surface area contributed by atoms with Crippen LogP contribution in [0.5, 0.6) is 0 Å². The lowest BCUT2D eigenvalue weighted by Gasteiger charge is -2.43. The van der Waals surface area contributed by atoms with E-state index in [4.69, 9.17) is 45.2 Å². The number of hydrogen-bond acceptors (Lipinski definition) is 16. The van der Waals surface area contributed by atoms with Gasteiger partial charge in [-0.1, -0.05) is 7.43 Å². The highest BCUT2D eigenvalue weighted by Gasteiger charge is 2.59. The minimum absolute atomic E-state index is 0. The fraction of sp³-hybridized carbons (Fsp3) is 0.714. The van der Waals surface area contributed by atoms with Crippen LogP contribution in [-0.2, 0) is 42.9 Å². The number of carboxylic acids is 1. The van der Waals surface area contributed by atoms with Gasteiger partial charge in [-0.3, -0.25) is 54.0 Å². The third-order valence-corrected chi connectivity index (χ3v) is 9.85.